The normalized spacial score (nSPS) is 30.4. The van der Waals surface area contributed by atoms with Crippen LogP contribution < -0.4 is 10.6 Å². The van der Waals surface area contributed by atoms with Gasteiger partial charge in [0.05, 0.1) is 6.04 Å². The van der Waals surface area contributed by atoms with Gasteiger partial charge < -0.3 is 10.6 Å². The van der Waals surface area contributed by atoms with Crippen molar-refractivity contribution in [3.63, 3.8) is 0 Å². The molecule has 2 heteroatoms. The molecule has 1 aromatic carbocycles. The first-order valence-electron chi connectivity index (χ1n) is 6.21. The Morgan fingerprint density at radius 2 is 2.12 bits per heavy atom. The predicted octanol–water partition coefficient (Wildman–Crippen LogP) is 2.64. The summed E-state index contributed by atoms with van der Waals surface area (Å²) in [7, 11) is 0. The molecular weight excluding hydrogens is 196 g/mol. The van der Waals surface area contributed by atoms with Crippen LogP contribution in [0.4, 0.5) is 5.69 Å². The fourth-order valence-corrected chi connectivity index (χ4v) is 3.30. The van der Waals surface area contributed by atoms with Gasteiger partial charge in [0, 0.05) is 17.1 Å². The molecule has 2 unspecified atom stereocenters. The van der Waals surface area contributed by atoms with E-state index in [9.17, 15) is 0 Å². The lowest BCUT2D eigenvalue weighted by atomic mass is 9.78. The van der Waals surface area contributed by atoms with E-state index in [0.29, 0.717) is 12.0 Å². The summed E-state index contributed by atoms with van der Waals surface area (Å²) in [6, 6.07) is 7.22. The molecule has 0 bridgehead atoms. The zero-order chi connectivity index (χ0) is 11.3. The molecule has 2 aliphatic heterocycles. The lowest BCUT2D eigenvalue weighted by molar-refractivity contribution is 0.256. The second-order valence-corrected chi connectivity index (χ2v) is 5.70. The maximum atomic E-state index is 3.73. The molecule has 2 nitrogen and oxygen atoms in total. The third-order valence-corrected chi connectivity index (χ3v) is 4.22. The SMILES string of the molecule is Cc1cccc2c1NC1C2CCNC1(C)C. The van der Waals surface area contributed by atoms with Crippen LogP contribution in [0, 0.1) is 6.92 Å². The second kappa shape index (κ2) is 3.24. The van der Waals surface area contributed by atoms with Crippen molar-refractivity contribution in [2.24, 2.45) is 0 Å². The van der Waals surface area contributed by atoms with Crippen molar-refractivity contribution in [3.05, 3.63) is 29.3 Å². The van der Waals surface area contributed by atoms with Gasteiger partial charge in [-0.15, -0.1) is 0 Å². The summed E-state index contributed by atoms with van der Waals surface area (Å²) < 4.78 is 0. The first-order valence-corrected chi connectivity index (χ1v) is 6.21. The van der Waals surface area contributed by atoms with E-state index in [1.165, 1.54) is 23.2 Å². The van der Waals surface area contributed by atoms with E-state index in [-0.39, 0.29) is 5.54 Å². The molecular formula is C14H20N2. The highest BCUT2D eigenvalue weighted by Gasteiger charge is 2.44. The van der Waals surface area contributed by atoms with Crippen molar-refractivity contribution in [1.82, 2.24) is 5.32 Å². The Kier molecular flexibility index (Phi) is 2.05. The van der Waals surface area contributed by atoms with E-state index in [1.54, 1.807) is 0 Å². The Labute approximate surface area is 97.4 Å². The number of hydrogen-bond acceptors (Lipinski definition) is 2. The highest BCUT2D eigenvalue weighted by atomic mass is 15.1. The average molecular weight is 216 g/mol. The van der Waals surface area contributed by atoms with E-state index >= 15 is 0 Å². The van der Waals surface area contributed by atoms with Crippen LogP contribution in [-0.4, -0.2) is 18.1 Å². The smallest absolute Gasteiger partial charge is 0.0507 e. The lowest BCUT2D eigenvalue weighted by Gasteiger charge is -2.41. The molecule has 0 radical (unpaired) electrons. The zero-order valence-corrected chi connectivity index (χ0v) is 10.3. The highest BCUT2D eigenvalue weighted by Crippen LogP contribution is 2.44. The van der Waals surface area contributed by atoms with Gasteiger partial charge in [-0.05, 0) is 44.9 Å². The molecule has 0 aromatic heterocycles. The summed E-state index contributed by atoms with van der Waals surface area (Å²) in [5, 5.41) is 7.35. The maximum Gasteiger partial charge on any atom is 0.0507 e. The molecule has 2 heterocycles. The fourth-order valence-electron chi connectivity index (χ4n) is 3.30. The Hall–Kier alpha value is -1.02. The topological polar surface area (TPSA) is 24.1 Å². The number of fused-ring (bicyclic) bond motifs is 3. The highest BCUT2D eigenvalue weighted by molar-refractivity contribution is 5.65. The number of benzene rings is 1. The molecule has 0 spiro atoms. The number of para-hydroxylation sites is 1. The minimum atomic E-state index is 0.189. The van der Waals surface area contributed by atoms with Crippen molar-refractivity contribution >= 4 is 5.69 Å². The van der Waals surface area contributed by atoms with Crippen LogP contribution >= 0.6 is 0 Å². The first kappa shape index (κ1) is 10.2. The van der Waals surface area contributed by atoms with Gasteiger partial charge >= 0.3 is 0 Å². The summed E-state index contributed by atoms with van der Waals surface area (Å²) in [4.78, 5) is 0. The molecule has 2 N–H and O–H groups in total. The zero-order valence-electron chi connectivity index (χ0n) is 10.3. The van der Waals surface area contributed by atoms with Gasteiger partial charge in [0.1, 0.15) is 0 Å². The third kappa shape index (κ3) is 1.29. The van der Waals surface area contributed by atoms with Gasteiger partial charge in [-0.3, -0.25) is 0 Å². The van der Waals surface area contributed by atoms with Gasteiger partial charge in [-0.1, -0.05) is 18.2 Å². The molecule has 0 aliphatic carbocycles. The number of hydrogen-bond donors (Lipinski definition) is 2. The lowest BCUT2D eigenvalue weighted by Crippen LogP contribution is -2.57. The van der Waals surface area contributed by atoms with Gasteiger partial charge in [0.15, 0.2) is 0 Å². The Balaban J connectivity index is 2.06. The van der Waals surface area contributed by atoms with E-state index in [2.05, 4.69) is 49.6 Å². The van der Waals surface area contributed by atoms with Crippen LogP contribution in [0.25, 0.3) is 0 Å². The van der Waals surface area contributed by atoms with E-state index in [1.807, 2.05) is 0 Å². The van der Waals surface area contributed by atoms with Crippen LogP contribution in [0.3, 0.4) is 0 Å². The van der Waals surface area contributed by atoms with Crippen LogP contribution in [0.2, 0.25) is 0 Å². The second-order valence-electron chi connectivity index (χ2n) is 5.70. The molecule has 16 heavy (non-hydrogen) atoms. The maximum absolute atomic E-state index is 3.73. The molecule has 2 aliphatic rings. The van der Waals surface area contributed by atoms with Crippen molar-refractivity contribution in [2.45, 2.75) is 44.7 Å². The minimum Gasteiger partial charge on any atom is -0.379 e. The summed E-state index contributed by atoms with van der Waals surface area (Å²) >= 11 is 0. The van der Waals surface area contributed by atoms with Crippen LogP contribution in [0.5, 0.6) is 0 Å². The molecule has 1 fully saturated rings. The number of anilines is 1. The van der Waals surface area contributed by atoms with E-state index in [0.717, 1.165) is 6.54 Å². The number of rotatable bonds is 0. The summed E-state index contributed by atoms with van der Waals surface area (Å²) in [6.45, 7) is 7.93. The monoisotopic (exact) mass is 216 g/mol. The summed E-state index contributed by atoms with van der Waals surface area (Å²) in [5.41, 5.74) is 4.48. The Morgan fingerprint density at radius 3 is 2.94 bits per heavy atom. The molecule has 86 valence electrons. The van der Waals surface area contributed by atoms with Crippen LogP contribution in [-0.2, 0) is 0 Å². The van der Waals surface area contributed by atoms with E-state index < -0.39 is 0 Å². The molecule has 3 rings (SSSR count). The van der Waals surface area contributed by atoms with Gasteiger partial charge in [-0.2, -0.15) is 0 Å². The van der Waals surface area contributed by atoms with Gasteiger partial charge in [-0.25, -0.2) is 0 Å². The summed E-state index contributed by atoms with van der Waals surface area (Å²) in [6.07, 6.45) is 1.25. The van der Waals surface area contributed by atoms with Gasteiger partial charge in [0.25, 0.3) is 0 Å². The van der Waals surface area contributed by atoms with Crippen molar-refractivity contribution in [2.75, 3.05) is 11.9 Å². The standard InChI is InChI=1S/C14H20N2/c1-9-5-4-6-10-11-7-8-15-14(2,3)13(11)16-12(9)10/h4-6,11,13,15-16H,7-8H2,1-3H3. The predicted molar refractivity (Wildman–Crippen MR) is 68.0 cm³/mol. The van der Waals surface area contributed by atoms with E-state index in [4.69, 9.17) is 0 Å². The Bertz CT molecular complexity index is 423. The first-order chi connectivity index (χ1) is 7.59. The minimum absolute atomic E-state index is 0.189. The van der Waals surface area contributed by atoms with Crippen molar-refractivity contribution < 1.29 is 0 Å². The molecule has 1 aromatic rings. The van der Waals surface area contributed by atoms with Crippen molar-refractivity contribution in [3.8, 4) is 0 Å². The fraction of sp³-hybridized carbons (Fsp3) is 0.571. The Morgan fingerprint density at radius 1 is 1.31 bits per heavy atom. The quantitative estimate of drug-likeness (QED) is 0.696. The number of piperidine rings is 1. The van der Waals surface area contributed by atoms with Crippen LogP contribution in [0.15, 0.2) is 18.2 Å². The van der Waals surface area contributed by atoms with Crippen molar-refractivity contribution in [1.29, 1.82) is 0 Å². The number of aryl methyl sites for hydroxylation is 1. The molecule has 1 saturated heterocycles. The van der Waals surface area contributed by atoms with Gasteiger partial charge in [0.2, 0.25) is 0 Å². The average Bonchev–Trinajstić information content (AvgIpc) is 2.60. The van der Waals surface area contributed by atoms with Crippen LogP contribution in [0.1, 0.15) is 37.3 Å². The molecule has 0 saturated carbocycles. The summed E-state index contributed by atoms with van der Waals surface area (Å²) in [5.74, 6) is 0.686. The number of nitrogens with one attached hydrogen (secondary N) is 2. The third-order valence-electron chi connectivity index (χ3n) is 4.22. The molecule has 2 atom stereocenters. The molecule has 0 amide bonds. The largest absolute Gasteiger partial charge is 0.379 e.